The number of aromatic carboxylic acids is 1. The fourth-order valence-corrected chi connectivity index (χ4v) is 1.28. The molecule has 2 aromatic rings. The number of carboxylic acid groups (broad SMARTS) is 1. The van der Waals surface area contributed by atoms with E-state index in [0.29, 0.717) is 0 Å². The van der Waals surface area contributed by atoms with E-state index in [4.69, 9.17) is 5.11 Å². The lowest BCUT2D eigenvalue weighted by Crippen LogP contribution is -2.09. The smallest absolute Gasteiger partial charge is 0.354 e. The van der Waals surface area contributed by atoms with Crippen LogP contribution in [0, 0.1) is 0 Å². The van der Waals surface area contributed by atoms with Gasteiger partial charge in [0.1, 0.15) is 0 Å². The van der Waals surface area contributed by atoms with E-state index in [-0.39, 0.29) is 17.4 Å². The second-order valence-electron chi connectivity index (χ2n) is 3.42. The maximum Gasteiger partial charge on any atom is 0.354 e. The van der Waals surface area contributed by atoms with E-state index in [1.165, 1.54) is 10.6 Å². The van der Waals surface area contributed by atoms with Crippen molar-refractivity contribution in [3.05, 3.63) is 17.5 Å². The molecule has 15 heavy (non-hydrogen) atoms. The quantitative estimate of drug-likeness (QED) is 0.763. The molecule has 0 aliphatic carbocycles. The van der Waals surface area contributed by atoms with Crippen molar-refractivity contribution in [1.29, 1.82) is 0 Å². The van der Waals surface area contributed by atoms with Crippen molar-refractivity contribution in [3.63, 3.8) is 0 Å². The molecule has 0 aromatic carbocycles. The van der Waals surface area contributed by atoms with Crippen molar-refractivity contribution >= 4 is 11.7 Å². The van der Waals surface area contributed by atoms with Gasteiger partial charge >= 0.3 is 5.97 Å². The maximum atomic E-state index is 10.8. The standard InChI is InChI=1S/C8H9N5O2/c1-4(2)6-3-5(7(14)15)9-8-10-11-12-13(6)8/h3-4H,1-2H3,(H,14,15). The van der Waals surface area contributed by atoms with Crippen LogP contribution in [0.3, 0.4) is 0 Å². The molecule has 0 amide bonds. The molecule has 1 N–H and O–H groups in total. The lowest BCUT2D eigenvalue weighted by atomic mass is 10.1. The number of carboxylic acids is 1. The molecule has 0 bridgehead atoms. The molecule has 2 rings (SSSR count). The average Bonchev–Trinajstić information content (AvgIpc) is 2.62. The molecule has 0 spiro atoms. The first-order valence-electron chi connectivity index (χ1n) is 4.42. The molecule has 0 radical (unpaired) electrons. The number of nitrogens with zero attached hydrogens (tertiary/aromatic N) is 5. The number of hydrogen-bond donors (Lipinski definition) is 1. The third-order valence-electron chi connectivity index (χ3n) is 2.01. The monoisotopic (exact) mass is 207 g/mol. The summed E-state index contributed by atoms with van der Waals surface area (Å²) in [5, 5.41) is 19.7. The molecule has 0 saturated heterocycles. The Labute approximate surface area is 84.7 Å². The van der Waals surface area contributed by atoms with E-state index < -0.39 is 5.97 Å². The van der Waals surface area contributed by atoms with Crippen LogP contribution in [0.1, 0.15) is 35.9 Å². The van der Waals surface area contributed by atoms with E-state index >= 15 is 0 Å². The van der Waals surface area contributed by atoms with Crippen LogP contribution in [-0.2, 0) is 0 Å². The molecule has 0 unspecified atom stereocenters. The van der Waals surface area contributed by atoms with E-state index in [1.807, 2.05) is 13.8 Å². The summed E-state index contributed by atoms with van der Waals surface area (Å²) in [6.45, 7) is 3.87. The lowest BCUT2D eigenvalue weighted by molar-refractivity contribution is 0.0690. The highest BCUT2D eigenvalue weighted by molar-refractivity contribution is 5.85. The van der Waals surface area contributed by atoms with Gasteiger partial charge in [-0.2, -0.15) is 4.52 Å². The Morgan fingerprint density at radius 2 is 2.27 bits per heavy atom. The fraction of sp³-hybridized carbons (Fsp3) is 0.375. The Morgan fingerprint density at radius 3 is 2.87 bits per heavy atom. The number of hydrogen-bond acceptors (Lipinski definition) is 5. The van der Waals surface area contributed by atoms with Crippen molar-refractivity contribution in [3.8, 4) is 0 Å². The van der Waals surface area contributed by atoms with E-state index in [1.54, 1.807) is 0 Å². The third-order valence-corrected chi connectivity index (χ3v) is 2.01. The Morgan fingerprint density at radius 1 is 1.53 bits per heavy atom. The van der Waals surface area contributed by atoms with Crippen molar-refractivity contribution < 1.29 is 9.90 Å². The summed E-state index contributed by atoms with van der Waals surface area (Å²) in [6.07, 6.45) is 0. The van der Waals surface area contributed by atoms with Gasteiger partial charge in [0.2, 0.25) is 0 Å². The molecule has 78 valence electrons. The number of fused-ring (bicyclic) bond motifs is 1. The predicted octanol–water partition coefficient (Wildman–Crippen LogP) is 0.341. The summed E-state index contributed by atoms with van der Waals surface area (Å²) in [5.74, 6) is -0.752. The second-order valence-corrected chi connectivity index (χ2v) is 3.42. The third kappa shape index (κ3) is 1.51. The van der Waals surface area contributed by atoms with Crippen LogP contribution in [0.5, 0.6) is 0 Å². The molecule has 0 fully saturated rings. The minimum Gasteiger partial charge on any atom is -0.477 e. The van der Waals surface area contributed by atoms with Gasteiger partial charge < -0.3 is 5.11 Å². The van der Waals surface area contributed by atoms with Gasteiger partial charge in [-0.05, 0) is 22.4 Å². The minimum absolute atomic E-state index is 0.0407. The largest absolute Gasteiger partial charge is 0.477 e. The number of aromatic nitrogens is 5. The number of tetrazole rings is 1. The van der Waals surface area contributed by atoms with Gasteiger partial charge in [-0.1, -0.05) is 18.9 Å². The molecule has 7 nitrogen and oxygen atoms in total. The first-order valence-corrected chi connectivity index (χ1v) is 4.42. The van der Waals surface area contributed by atoms with Crippen LogP contribution in [0.2, 0.25) is 0 Å². The highest BCUT2D eigenvalue weighted by Crippen LogP contribution is 2.14. The molecule has 0 aliphatic rings. The maximum absolute atomic E-state index is 10.8. The average molecular weight is 207 g/mol. The van der Waals surface area contributed by atoms with Gasteiger partial charge in [0.15, 0.2) is 5.69 Å². The van der Waals surface area contributed by atoms with Crippen LogP contribution in [-0.4, -0.2) is 36.1 Å². The highest BCUT2D eigenvalue weighted by Gasteiger charge is 2.14. The SMILES string of the molecule is CC(C)c1cc(C(=O)O)nc2nnnn12. The van der Waals surface area contributed by atoms with Crippen molar-refractivity contribution in [2.45, 2.75) is 19.8 Å². The Hall–Kier alpha value is -2.05. The first kappa shape index (κ1) is 9.50. The molecule has 0 atom stereocenters. The summed E-state index contributed by atoms with van der Waals surface area (Å²) in [4.78, 5) is 14.6. The molecular weight excluding hydrogens is 198 g/mol. The molecule has 0 saturated carbocycles. The topological polar surface area (TPSA) is 93.3 Å². The number of carbonyl (C=O) groups is 1. The van der Waals surface area contributed by atoms with Crippen LogP contribution in [0.15, 0.2) is 6.07 Å². The molecule has 2 aromatic heterocycles. The molecule has 0 aliphatic heterocycles. The van der Waals surface area contributed by atoms with E-state index in [2.05, 4.69) is 20.5 Å². The summed E-state index contributed by atoms with van der Waals surface area (Å²) >= 11 is 0. The summed E-state index contributed by atoms with van der Waals surface area (Å²) in [6, 6.07) is 1.48. The fourth-order valence-electron chi connectivity index (χ4n) is 1.28. The first-order chi connectivity index (χ1) is 7.09. The van der Waals surface area contributed by atoms with Gasteiger partial charge in [-0.15, -0.1) is 0 Å². The van der Waals surface area contributed by atoms with E-state index in [9.17, 15) is 4.79 Å². The van der Waals surface area contributed by atoms with Crippen molar-refractivity contribution in [2.24, 2.45) is 0 Å². The zero-order valence-corrected chi connectivity index (χ0v) is 8.25. The van der Waals surface area contributed by atoms with Gasteiger partial charge in [0.25, 0.3) is 5.78 Å². The molecule has 2 heterocycles. The second kappa shape index (κ2) is 3.26. The van der Waals surface area contributed by atoms with E-state index in [0.717, 1.165) is 5.69 Å². The predicted molar refractivity (Wildman–Crippen MR) is 49.6 cm³/mol. The Kier molecular flexibility index (Phi) is 2.07. The van der Waals surface area contributed by atoms with Crippen molar-refractivity contribution in [2.75, 3.05) is 0 Å². The summed E-state index contributed by atoms with van der Waals surface area (Å²) < 4.78 is 1.44. The van der Waals surface area contributed by atoms with Crippen LogP contribution >= 0.6 is 0 Å². The van der Waals surface area contributed by atoms with Crippen LogP contribution in [0.25, 0.3) is 5.78 Å². The molecular formula is C8H9N5O2. The lowest BCUT2D eigenvalue weighted by Gasteiger charge is -2.06. The van der Waals surface area contributed by atoms with Gasteiger partial charge in [-0.25, -0.2) is 9.78 Å². The molecule has 7 heteroatoms. The normalized spacial score (nSPS) is 11.1. The minimum atomic E-state index is -1.08. The van der Waals surface area contributed by atoms with Crippen LogP contribution < -0.4 is 0 Å². The van der Waals surface area contributed by atoms with Crippen molar-refractivity contribution in [1.82, 2.24) is 25.0 Å². The Bertz CT molecular complexity index is 519. The summed E-state index contributed by atoms with van der Waals surface area (Å²) in [5.41, 5.74) is 0.684. The zero-order chi connectivity index (χ0) is 11.0. The Balaban J connectivity index is 2.74. The highest BCUT2D eigenvalue weighted by atomic mass is 16.4. The van der Waals surface area contributed by atoms with Gasteiger partial charge in [-0.3, -0.25) is 0 Å². The number of rotatable bonds is 2. The summed E-state index contributed by atoms with van der Waals surface area (Å²) in [7, 11) is 0. The van der Waals surface area contributed by atoms with Gasteiger partial charge in [0.05, 0.1) is 5.69 Å². The zero-order valence-electron chi connectivity index (χ0n) is 8.25. The van der Waals surface area contributed by atoms with Crippen LogP contribution in [0.4, 0.5) is 0 Å². The van der Waals surface area contributed by atoms with Gasteiger partial charge in [0, 0.05) is 0 Å².